The number of aliphatic carboxylic acids is 1. The smallest absolute Gasteiger partial charge is 0.475 e. The fourth-order valence-corrected chi connectivity index (χ4v) is 4.21. The number of likely N-dealkylation sites (tertiary alicyclic amines) is 1. The molecule has 2 amide bonds. The first-order chi connectivity index (χ1) is 15.4. The van der Waals surface area contributed by atoms with Crippen molar-refractivity contribution in [1.82, 2.24) is 25.0 Å². The largest absolute Gasteiger partial charge is 0.490 e. The van der Waals surface area contributed by atoms with Crippen molar-refractivity contribution < 1.29 is 32.7 Å². The molecule has 5 N–H and O–H groups in total. The lowest BCUT2D eigenvalue weighted by Crippen LogP contribution is -2.37. The molecular weight excluding hydrogens is 465 g/mol. The third kappa shape index (κ3) is 6.10. The number of hydrogen-bond donors (Lipinski definition) is 4. The first-order valence-corrected chi connectivity index (χ1v) is 10.5. The van der Waals surface area contributed by atoms with Crippen molar-refractivity contribution in [3.05, 3.63) is 40.7 Å². The van der Waals surface area contributed by atoms with Gasteiger partial charge in [0.15, 0.2) is 5.69 Å². The van der Waals surface area contributed by atoms with E-state index in [4.69, 9.17) is 15.6 Å². The summed E-state index contributed by atoms with van der Waals surface area (Å²) in [6.07, 6.45) is -2.40. The van der Waals surface area contributed by atoms with Gasteiger partial charge in [-0.25, -0.2) is 4.79 Å². The van der Waals surface area contributed by atoms with Crippen molar-refractivity contribution in [2.24, 2.45) is 12.8 Å². The molecule has 10 nitrogen and oxygen atoms in total. The summed E-state index contributed by atoms with van der Waals surface area (Å²) in [6.45, 7) is 2.17. The number of nitrogens with zero attached hydrogens (tertiary/aromatic N) is 3. The molecule has 1 unspecified atom stereocenters. The minimum Gasteiger partial charge on any atom is -0.475 e. The molecule has 1 fully saturated rings. The number of aryl methyl sites for hydroxylation is 1. The van der Waals surface area contributed by atoms with Gasteiger partial charge in [-0.05, 0) is 23.9 Å². The van der Waals surface area contributed by atoms with E-state index in [0.29, 0.717) is 17.9 Å². The van der Waals surface area contributed by atoms with E-state index in [-0.39, 0.29) is 11.9 Å². The molecule has 0 spiro atoms. The van der Waals surface area contributed by atoms with Crippen LogP contribution in [0.2, 0.25) is 0 Å². The molecule has 178 valence electrons. The number of H-pyrrole nitrogens is 1. The van der Waals surface area contributed by atoms with E-state index in [0.717, 1.165) is 35.3 Å². The summed E-state index contributed by atoms with van der Waals surface area (Å²) in [7, 11) is 1.77. The number of amides is 2. The highest BCUT2D eigenvalue weighted by Gasteiger charge is 2.38. The molecule has 0 aromatic carbocycles. The van der Waals surface area contributed by atoms with Crippen molar-refractivity contribution in [3.8, 4) is 0 Å². The average molecular weight is 486 g/mol. The van der Waals surface area contributed by atoms with Gasteiger partial charge >= 0.3 is 12.1 Å². The zero-order valence-electron chi connectivity index (χ0n) is 17.3. The first kappa shape index (κ1) is 24.3. The molecule has 1 aliphatic rings. The number of carboxylic acids is 1. The van der Waals surface area contributed by atoms with Gasteiger partial charge in [0.1, 0.15) is 5.69 Å². The van der Waals surface area contributed by atoms with Crippen molar-refractivity contribution >= 4 is 39.3 Å². The fraction of sp³-hybridized carbons (Fsp3) is 0.368. The second-order valence-electron chi connectivity index (χ2n) is 7.42. The van der Waals surface area contributed by atoms with Gasteiger partial charge in [-0.15, -0.1) is 11.3 Å². The second kappa shape index (κ2) is 9.62. The Labute approximate surface area is 189 Å². The van der Waals surface area contributed by atoms with Crippen molar-refractivity contribution in [1.29, 1.82) is 0 Å². The molecule has 0 bridgehead atoms. The van der Waals surface area contributed by atoms with Crippen LogP contribution in [-0.2, 0) is 18.4 Å². The summed E-state index contributed by atoms with van der Waals surface area (Å²) in [5.74, 6) is -3.36. The van der Waals surface area contributed by atoms with E-state index < -0.39 is 18.1 Å². The molecule has 3 aromatic rings. The molecule has 1 aliphatic heterocycles. The highest BCUT2D eigenvalue weighted by Crippen LogP contribution is 2.22. The number of nitrogens with two attached hydrogens (primary N) is 1. The summed E-state index contributed by atoms with van der Waals surface area (Å²) < 4.78 is 34.4. The van der Waals surface area contributed by atoms with E-state index >= 15 is 0 Å². The maximum Gasteiger partial charge on any atom is 0.490 e. The number of aromatic nitrogens is 3. The van der Waals surface area contributed by atoms with Crippen LogP contribution in [0.5, 0.6) is 0 Å². The van der Waals surface area contributed by atoms with Gasteiger partial charge in [0.25, 0.3) is 11.8 Å². The van der Waals surface area contributed by atoms with Crippen molar-refractivity contribution in [3.63, 3.8) is 0 Å². The summed E-state index contributed by atoms with van der Waals surface area (Å²) in [5, 5.41) is 16.3. The third-order valence-electron chi connectivity index (χ3n) is 4.87. The molecular formula is C19H21F3N6O4S. The third-order valence-corrected chi connectivity index (χ3v) is 5.73. The predicted molar refractivity (Wildman–Crippen MR) is 113 cm³/mol. The number of rotatable bonds is 5. The van der Waals surface area contributed by atoms with E-state index in [9.17, 15) is 22.8 Å². The summed E-state index contributed by atoms with van der Waals surface area (Å²) in [4.78, 5) is 38.2. The molecule has 0 radical (unpaired) electrons. The number of halogens is 3. The monoisotopic (exact) mass is 486 g/mol. The molecule has 1 atom stereocenters. The van der Waals surface area contributed by atoms with E-state index in [1.165, 1.54) is 0 Å². The number of fused-ring (bicyclic) bond motifs is 1. The van der Waals surface area contributed by atoms with Crippen molar-refractivity contribution in [2.45, 2.75) is 25.2 Å². The number of carbonyl (C=O) groups excluding carboxylic acids is 2. The predicted octanol–water partition coefficient (Wildman–Crippen LogP) is 1.70. The number of carboxylic acid groups (broad SMARTS) is 1. The van der Waals surface area contributed by atoms with Crippen LogP contribution >= 0.6 is 11.3 Å². The maximum absolute atomic E-state index is 12.4. The second-order valence-corrected chi connectivity index (χ2v) is 8.37. The van der Waals surface area contributed by atoms with Gasteiger partial charge in [-0.1, -0.05) is 0 Å². The lowest BCUT2D eigenvalue weighted by Gasteiger charge is -2.16. The van der Waals surface area contributed by atoms with Crippen molar-refractivity contribution in [2.75, 3.05) is 13.1 Å². The summed E-state index contributed by atoms with van der Waals surface area (Å²) in [6, 6.07) is 3.94. The standard InChI is InChI=1S/C17H20N6O2S.C2HF3O2/c1-22-7-10(15(21-22)16(18)24)8-23-4-2-11(9-23)19-17(25)13-6-14-12(20-13)3-5-26-14;3-2(4,5)1(6)7/h3,5-7,11,20H,2,4,8-9H2,1H3,(H2,18,24)(H,19,25);(H,6,7). The Kier molecular flexibility index (Phi) is 7.07. The minimum atomic E-state index is -5.08. The Balaban J connectivity index is 0.000000383. The van der Waals surface area contributed by atoms with Crippen LogP contribution < -0.4 is 11.1 Å². The van der Waals surface area contributed by atoms with Gasteiger partial charge in [0.2, 0.25) is 0 Å². The SMILES string of the molecule is Cn1cc(CN2CCC(NC(=O)c3cc4sccc4[nH]3)C2)c(C(N)=O)n1.O=C(O)C(F)(F)F. The lowest BCUT2D eigenvalue weighted by molar-refractivity contribution is -0.192. The highest BCUT2D eigenvalue weighted by atomic mass is 32.1. The average Bonchev–Trinajstić information content (AvgIpc) is 3.46. The molecule has 14 heteroatoms. The van der Waals surface area contributed by atoms with E-state index in [1.54, 1.807) is 23.1 Å². The maximum atomic E-state index is 12.4. The topological polar surface area (TPSA) is 146 Å². The highest BCUT2D eigenvalue weighted by molar-refractivity contribution is 7.17. The van der Waals surface area contributed by atoms with Crippen LogP contribution in [0.4, 0.5) is 13.2 Å². The zero-order valence-corrected chi connectivity index (χ0v) is 18.2. The molecule has 3 aromatic heterocycles. The fourth-order valence-electron chi connectivity index (χ4n) is 3.43. The lowest BCUT2D eigenvalue weighted by atomic mass is 10.2. The van der Waals surface area contributed by atoms with Crippen LogP contribution in [0.1, 0.15) is 33.0 Å². The van der Waals surface area contributed by atoms with Gasteiger partial charge in [-0.2, -0.15) is 18.3 Å². The number of thiophene rings is 1. The Morgan fingerprint density at radius 1 is 1.39 bits per heavy atom. The van der Waals surface area contributed by atoms with Crippen LogP contribution in [0, 0.1) is 0 Å². The number of primary amides is 1. The Morgan fingerprint density at radius 3 is 2.70 bits per heavy atom. The quantitative estimate of drug-likeness (QED) is 0.432. The van der Waals surface area contributed by atoms with Crippen LogP contribution in [0.15, 0.2) is 23.7 Å². The van der Waals surface area contributed by atoms with Crippen LogP contribution in [0.3, 0.4) is 0 Å². The molecule has 1 saturated heterocycles. The van der Waals surface area contributed by atoms with Gasteiger partial charge in [0, 0.05) is 44.5 Å². The number of alkyl halides is 3. The van der Waals surface area contributed by atoms with Gasteiger partial charge < -0.3 is 21.1 Å². The number of carbonyl (C=O) groups is 3. The number of nitrogens with one attached hydrogen (secondary N) is 2. The zero-order chi connectivity index (χ0) is 24.3. The van der Waals surface area contributed by atoms with Crippen LogP contribution in [-0.4, -0.2) is 67.9 Å². The van der Waals surface area contributed by atoms with Gasteiger partial charge in [-0.3, -0.25) is 19.2 Å². The number of hydrogen-bond acceptors (Lipinski definition) is 6. The Morgan fingerprint density at radius 2 is 2.09 bits per heavy atom. The Bertz CT molecular complexity index is 1140. The minimum absolute atomic E-state index is 0.0811. The molecule has 0 saturated carbocycles. The number of aromatic amines is 1. The van der Waals surface area contributed by atoms with Crippen LogP contribution in [0.25, 0.3) is 10.2 Å². The van der Waals surface area contributed by atoms with Gasteiger partial charge in [0.05, 0.1) is 10.2 Å². The molecule has 4 rings (SSSR count). The summed E-state index contributed by atoms with van der Waals surface area (Å²) in [5.41, 5.74) is 8.10. The first-order valence-electron chi connectivity index (χ1n) is 9.66. The summed E-state index contributed by atoms with van der Waals surface area (Å²) >= 11 is 1.61. The van der Waals surface area contributed by atoms with E-state index in [1.807, 2.05) is 23.7 Å². The molecule has 0 aliphatic carbocycles. The normalized spacial score (nSPS) is 16.4. The Hall–Kier alpha value is -3.39. The molecule has 4 heterocycles. The van der Waals surface area contributed by atoms with E-state index in [2.05, 4.69) is 20.3 Å². The molecule has 33 heavy (non-hydrogen) atoms.